The van der Waals surface area contributed by atoms with Crippen molar-refractivity contribution in [2.45, 2.75) is 51.4 Å². The predicted molar refractivity (Wildman–Crippen MR) is 193 cm³/mol. The molecule has 49 heavy (non-hydrogen) atoms. The molecule has 3 aromatic heterocycles. The van der Waals surface area contributed by atoms with Gasteiger partial charge in [-0.1, -0.05) is 37.5 Å². The van der Waals surface area contributed by atoms with Crippen LogP contribution < -0.4 is 10.1 Å². The third-order valence-corrected chi connectivity index (χ3v) is 10.1. The van der Waals surface area contributed by atoms with Gasteiger partial charge in [-0.2, -0.15) is 5.10 Å². The lowest BCUT2D eigenvalue weighted by atomic mass is 9.87. The Morgan fingerprint density at radius 2 is 1.76 bits per heavy atom. The lowest BCUT2D eigenvalue weighted by Crippen LogP contribution is -2.25. The molecule has 1 aliphatic carbocycles. The van der Waals surface area contributed by atoms with Gasteiger partial charge in [0.15, 0.2) is 0 Å². The van der Waals surface area contributed by atoms with Gasteiger partial charge in [0.25, 0.3) is 0 Å². The van der Waals surface area contributed by atoms with Gasteiger partial charge in [0.2, 0.25) is 5.91 Å². The van der Waals surface area contributed by atoms with Gasteiger partial charge >= 0.3 is 0 Å². The minimum atomic E-state index is -0.324. The van der Waals surface area contributed by atoms with E-state index in [1.807, 2.05) is 48.7 Å². The summed E-state index contributed by atoms with van der Waals surface area (Å²) in [6.45, 7) is 3.59. The number of hydrogen-bond donors (Lipinski definition) is 3. The van der Waals surface area contributed by atoms with Crippen LogP contribution in [0, 0.1) is 11.7 Å². The molecule has 0 radical (unpaired) electrons. The highest BCUT2D eigenvalue weighted by Gasteiger charge is 2.19. The maximum Gasteiger partial charge on any atom is 0.224 e. The number of rotatable bonds is 10. The molecule has 2 fully saturated rings. The summed E-state index contributed by atoms with van der Waals surface area (Å²) in [7, 11) is 0. The van der Waals surface area contributed by atoms with E-state index < -0.39 is 0 Å². The predicted octanol–water partition coefficient (Wildman–Crippen LogP) is 8.96. The molecule has 8 nitrogen and oxygen atoms in total. The highest BCUT2D eigenvalue weighted by atomic mass is 19.1. The van der Waals surface area contributed by atoms with Gasteiger partial charge in [-0.05, 0) is 104 Å². The maximum absolute atomic E-state index is 14.9. The van der Waals surface area contributed by atoms with Crippen LogP contribution in [-0.2, 0) is 4.79 Å². The van der Waals surface area contributed by atoms with E-state index in [1.165, 1.54) is 38.2 Å². The molecule has 3 N–H and O–H groups in total. The normalized spacial score (nSPS) is 15.7. The number of hydrogen-bond acceptors (Lipinski definition) is 5. The SMILES string of the molecule is O=C(CC1CCCCC1)Nc1cncc(-c2ccc3[nH]nc(-c4cc5c(-c6cc(F)cc(OCCN7CCCC7)c6)cccc5[nH]4)c3c2)c1. The second-order valence-electron chi connectivity index (χ2n) is 13.6. The fourth-order valence-corrected chi connectivity index (χ4v) is 7.57. The molecule has 4 heterocycles. The first-order valence-corrected chi connectivity index (χ1v) is 17.6. The Kier molecular flexibility index (Phi) is 8.83. The molecular formula is C40H41FN6O2. The number of aromatic nitrogens is 4. The van der Waals surface area contributed by atoms with Crippen molar-refractivity contribution >= 4 is 33.4 Å². The summed E-state index contributed by atoms with van der Waals surface area (Å²) in [4.78, 5) is 23.2. The number of ether oxygens (including phenoxy) is 1. The number of H-pyrrole nitrogens is 2. The lowest BCUT2D eigenvalue weighted by molar-refractivity contribution is -0.117. The van der Waals surface area contributed by atoms with Gasteiger partial charge in [0.1, 0.15) is 23.9 Å². The lowest BCUT2D eigenvalue weighted by Gasteiger charge is -2.20. The minimum Gasteiger partial charge on any atom is -0.492 e. The Bertz CT molecular complexity index is 2110. The summed E-state index contributed by atoms with van der Waals surface area (Å²) in [6.07, 6.45) is 12.5. The zero-order chi connectivity index (χ0) is 33.2. The monoisotopic (exact) mass is 656 g/mol. The van der Waals surface area contributed by atoms with Gasteiger partial charge in [-0.15, -0.1) is 0 Å². The number of fused-ring (bicyclic) bond motifs is 2. The third kappa shape index (κ3) is 6.94. The zero-order valence-electron chi connectivity index (χ0n) is 27.6. The number of aromatic amines is 2. The molecule has 250 valence electrons. The van der Waals surface area contributed by atoms with Crippen molar-refractivity contribution in [1.82, 2.24) is 25.1 Å². The largest absolute Gasteiger partial charge is 0.492 e. The van der Waals surface area contributed by atoms with E-state index in [9.17, 15) is 9.18 Å². The number of amides is 1. The Morgan fingerprint density at radius 1 is 0.878 bits per heavy atom. The van der Waals surface area contributed by atoms with Crippen LogP contribution >= 0.6 is 0 Å². The third-order valence-electron chi connectivity index (χ3n) is 10.1. The molecule has 1 saturated heterocycles. The molecular weight excluding hydrogens is 615 g/mol. The summed E-state index contributed by atoms with van der Waals surface area (Å²) in [5, 5.41) is 12.9. The van der Waals surface area contributed by atoms with Crippen LogP contribution in [0.15, 0.2) is 79.1 Å². The van der Waals surface area contributed by atoms with Gasteiger partial charge in [-0.3, -0.25) is 19.8 Å². The summed E-state index contributed by atoms with van der Waals surface area (Å²) in [5.74, 6) is 0.739. The molecule has 8 rings (SSSR count). The second kappa shape index (κ2) is 13.8. The standard InChI is InChI=1S/C40H41FN6O2/c41-30-18-28(20-32(22-30)49-16-15-47-13-4-5-14-47)33-9-6-10-36-34(33)23-38(44-36)40-35-21-27(11-12-37(35)45-46-40)29-19-31(25-42-24-29)43-39(48)17-26-7-2-1-3-8-26/h6,9-12,18-26,44H,1-5,7-8,13-17H2,(H,43,48)(H,45,46). The quantitative estimate of drug-likeness (QED) is 0.137. The van der Waals surface area contributed by atoms with Crippen molar-refractivity contribution in [2.75, 3.05) is 31.6 Å². The first kappa shape index (κ1) is 31.3. The number of nitrogens with zero attached hydrogens (tertiary/aromatic N) is 3. The van der Waals surface area contributed by atoms with Crippen molar-refractivity contribution in [3.63, 3.8) is 0 Å². The van der Waals surface area contributed by atoms with Gasteiger partial charge in [0.05, 0.1) is 23.1 Å². The first-order chi connectivity index (χ1) is 24.1. The Labute approximate surface area is 285 Å². The number of benzene rings is 3. The van der Waals surface area contributed by atoms with Crippen LogP contribution in [0.4, 0.5) is 10.1 Å². The molecule has 3 aromatic carbocycles. The van der Waals surface area contributed by atoms with Crippen LogP contribution in [0.2, 0.25) is 0 Å². The molecule has 0 atom stereocenters. The van der Waals surface area contributed by atoms with Crippen LogP contribution in [0.1, 0.15) is 51.4 Å². The number of halogens is 1. The van der Waals surface area contributed by atoms with Crippen LogP contribution in [0.5, 0.6) is 5.75 Å². The van der Waals surface area contributed by atoms with Crippen LogP contribution in [-0.4, -0.2) is 57.2 Å². The Hall–Kier alpha value is -5.02. The van der Waals surface area contributed by atoms with Crippen molar-refractivity contribution in [3.05, 3.63) is 84.9 Å². The number of pyridine rings is 1. The van der Waals surface area contributed by atoms with Gasteiger partial charge in [0, 0.05) is 47.1 Å². The van der Waals surface area contributed by atoms with E-state index in [-0.39, 0.29) is 11.7 Å². The number of anilines is 1. The average molecular weight is 657 g/mol. The summed E-state index contributed by atoms with van der Waals surface area (Å²) < 4.78 is 20.9. The van der Waals surface area contributed by atoms with Crippen LogP contribution in [0.25, 0.3) is 55.4 Å². The fraction of sp³-hybridized carbons (Fsp3) is 0.325. The van der Waals surface area contributed by atoms with E-state index in [1.54, 1.807) is 12.3 Å². The molecule has 0 spiro atoms. The van der Waals surface area contributed by atoms with E-state index in [0.29, 0.717) is 30.4 Å². The van der Waals surface area contributed by atoms with Crippen molar-refractivity contribution in [3.8, 4) is 39.4 Å². The number of carbonyl (C=O) groups excluding carboxylic acids is 1. The van der Waals surface area contributed by atoms with Gasteiger partial charge in [-0.25, -0.2) is 4.39 Å². The Balaban J connectivity index is 1.05. The summed E-state index contributed by atoms with van der Waals surface area (Å²) in [6, 6.07) is 21.2. The molecule has 1 amide bonds. The minimum absolute atomic E-state index is 0.0520. The highest BCUT2D eigenvalue weighted by Crippen LogP contribution is 2.37. The summed E-state index contributed by atoms with van der Waals surface area (Å²) in [5.41, 5.74) is 7.74. The molecule has 1 saturated carbocycles. The van der Waals surface area contributed by atoms with Crippen molar-refractivity contribution in [2.24, 2.45) is 5.92 Å². The first-order valence-electron chi connectivity index (χ1n) is 17.6. The zero-order valence-corrected chi connectivity index (χ0v) is 27.6. The molecule has 9 heteroatoms. The van der Waals surface area contributed by atoms with E-state index in [2.05, 4.69) is 37.4 Å². The highest BCUT2D eigenvalue weighted by molar-refractivity contribution is 6.02. The molecule has 2 aliphatic rings. The fourth-order valence-electron chi connectivity index (χ4n) is 7.57. The second-order valence-corrected chi connectivity index (χ2v) is 13.6. The number of likely N-dealkylation sites (tertiary alicyclic amines) is 1. The van der Waals surface area contributed by atoms with Crippen molar-refractivity contribution < 1.29 is 13.9 Å². The molecule has 1 aliphatic heterocycles. The molecule has 0 unspecified atom stereocenters. The Morgan fingerprint density at radius 3 is 2.63 bits per heavy atom. The van der Waals surface area contributed by atoms with E-state index >= 15 is 0 Å². The average Bonchev–Trinajstić information content (AvgIpc) is 3.88. The summed E-state index contributed by atoms with van der Waals surface area (Å²) >= 11 is 0. The maximum atomic E-state index is 14.9. The molecule has 6 aromatic rings. The topological polar surface area (TPSA) is 98.9 Å². The van der Waals surface area contributed by atoms with E-state index in [4.69, 9.17) is 9.84 Å². The van der Waals surface area contributed by atoms with Crippen LogP contribution in [0.3, 0.4) is 0 Å². The van der Waals surface area contributed by atoms with Gasteiger partial charge < -0.3 is 15.0 Å². The van der Waals surface area contributed by atoms with Crippen molar-refractivity contribution in [1.29, 1.82) is 0 Å². The number of carbonyl (C=O) groups is 1. The molecule has 0 bridgehead atoms. The smallest absolute Gasteiger partial charge is 0.224 e. The van der Waals surface area contributed by atoms with E-state index in [0.717, 1.165) is 87.9 Å². The number of nitrogens with one attached hydrogen (secondary N) is 3.